The number of nitrogens with zero attached hydrogens (tertiary/aromatic N) is 3. The third-order valence-electron chi connectivity index (χ3n) is 2.66. The monoisotopic (exact) mass is 270 g/mol. The lowest BCUT2D eigenvalue weighted by atomic mass is 10.2. The standard InChI is InChI=1S/C13H10N4OS/c14-13(18)9-4-10(6-15-5-9)17-7-11(16-8-17)12-2-1-3-19-12/h1-8H,(H2,14,18). The van der Waals surface area contributed by atoms with E-state index in [1.165, 1.54) is 6.20 Å². The summed E-state index contributed by atoms with van der Waals surface area (Å²) in [6, 6.07) is 5.68. The summed E-state index contributed by atoms with van der Waals surface area (Å²) < 4.78 is 1.81. The molecule has 0 saturated carbocycles. The van der Waals surface area contributed by atoms with E-state index in [1.54, 1.807) is 29.9 Å². The molecule has 0 bridgehead atoms. The molecule has 3 rings (SSSR count). The zero-order valence-electron chi connectivity index (χ0n) is 9.85. The predicted molar refractivity (Wildman–Crippen MR) is 73.2 cm³/mol. The molecule has 0 saturated heterocycles. The predicted octanol–water partition coefficient (Wildman–Crippen LogP) is 2.09. The lowest BCUT2D eigenvalue weighted by molar-refractivity contribution is 0.1000. The average molecular weight is 270 g/mol. The van der Waals surface area contributed by atoms with E-state index in [1.807, 2.05) is 28.3 Å². The first-order chi connectivity index (χ1) is 9.24. The minimum Gasteiger partial charge on any atom is -0.366 e. The van der Waals surface area contributed by atoms with E-state index in [2.05, 4.69) is 9.97 Å². The Labute approximate surface area is 113 Å². The Balaban J connectivity index is 1.99. The fourth-order valence-electron chi connectivity index (χ4n) is 1.72. The van der Waals surface area contributed by atoms with Crippen LogP contribution in [-0.2, 0) is 0 Å². The van der Waals surface area contributed by atoms with Crippen LogP contribution >= 0.6 is 11.3 Å². The molecule has 0 unspecified atom stereocenters. The van der Waals surface area contributed by atoms with E-state index in [-0.39, 0.29) is 0 Å². The molecule has 0 aliphatic heterocycles. The summed E-state index contributed by atoms with van der Waals surface area (Å²) in [6.07, 6.45) is 6.69. The van der Waals surface area contributed by atoms with Crippen molar-refractivity contribution in [2.75, 3.05) is 0 Å². The van der Waals surface area contributed by atoms with E-state index in [4.69, 9.17) is 5.73 Å². The van der Waals surface area contributed by atoms with E-state index >= 15 is 0 Å². The van der Waals surface area contributed by atoms with Gasteiger partial charge >= 0.3 is 0 Å². The number of thiophene rings is 1. The third kappa shape index (κ3) is 2.25. The maximum atomic E-state index is 11.1. The molecule has 0 atom stereocenters. The zero-order chi connectivity index (χ0) is 13.2. The Morgan fingerprint density at radius 2 is 2.26 bits per heavy atom. The van der Waals surface area contributed by atoms with Crippen molar-refractivity contribution >= 4 is 17.2 Å². The summed E-state index contributed by atoms with van der Waals surface area (Å²) in [5.74, 6) is -0.493. The Morgan fingerprint density at radius 3 is 3.00 bits per heavy atom. The van der Waals surface area contributed by atoms with E-state index < -0.39 is 5.91 Å². The highest BCUT2D eigenvalue weighted by Gasteiger charge is 2.07. The number of primary amides is 1. The van der Waals surface area contributed by atoms with Crippen LogP contribution in [0.1, 0.15) is 10.4 Å². The van der Waals surface area contributed by atoms with E-state index in [0.29, 0.717) is 5.56 Å². The molecule has 5 nitrogen and oxygen atoms in total. The molecule has 0 aliphatic carbocycles. The van der Waals surface area contributed by atoms with Gasteiger partial charge in [0.25, 0.3) is 0 Å². The number of pyridine rings is 1. The van der Waals surface area contributed by atoms with Crippen molar-refractivity contribution in [2.24, 2.45) is 5.73 Å². The van der Waals surface area contributed by atoms with Gasteiger partial charge in [0.15, 0.2) is 0 Å². The minimum absolute atomic E-state index is 0.379. The van der Waals surface area contributed by atoms with Crippen molar-refractivity contribution in [3.63, 3.8) is 0 Å². The first-order valence-corrected chi connectivity index (χ1v) is 6.45. The van der Waals surface area contributed by atoms with Crippen molar-refractivity contribution in [3.8, 4) is 16.3 Å². The maximum Gasteiger partial charge on any atom is 0.250 e. The molecule has 3 heterocycles. The van der Waals surface area contributed by atoms with Crippen LogP contribution < -0.4 is 5.73 Å². The third-order valence-corrected chi connectivity index (χ3v) is 3.56. The van der Waals surface area contributed by atoms with Gasteiger partial charge < -0.3 is 10.3 Å². The number of amides is 1. The number of carbonyl (C=O) groups is 1. The number of imidazole rings is 1. The molecule has 0 radical (unpaired) electrons. The van der Waals surface area contributed by atoms with Gasteiger partial charge in [0.05, 0.1) is 34.3 Å². The summed E-state index contributed by atoms with van der Waals surface area (Å²) in [5.41, 5.74) is 7.26. The molecule has 0 fully saturated rings. The topological polar surface area (TPSA) is 73.8 Å². The van der Waals surface area contributed by atoms with Crippen molar-refractivity contribution in [2.45, 2.75) is 0 Å². The van der Waals surface area contributed by atoms with Crippen molar-refractivity contribution in [1.29, 1.82) is 0 Å². The molecule has 1 amide bonds. The smallest absolute Gasteiger partial charge is 0.250 e. The second-order valence-corrected chi connectivity index (χ2v) is 4.89. The van der Waals surface area contributed by atoms with Crippen LogP contribution in [0, 0.1) is 0 Å². The van der Waals surface area contributed by atoms with Crippen molar-refractivity contribution in [3.05, 3.63) is 54.1 Å². The quantitative estimate of drug-likeness (QED) is 0.792. The summed E-state index contributed by atoms with van der Waals surface area (Å²) in [4.78, 5) is 20.6. The van der Waals surface area contributed by atoms with Crippen LogP contribution in [-0.4, -0.2) is 20.4 Å². The lowest BCUT2D eigenvalue weighted by Gasteiger charge is -2.02. The molecular weight excluding hydrogens is 260 g/mol. The van der Waals surface area contributed by atoms with Crippen LogP contribution in [0.15, 0.2) is 48.5 Å². The van der Waals surface area contributed by atoms with Gasteiger partial charge in [0.2, 0.25) is 5.91 Å². The van der Waals surface area contributed by atoms with Gasteiger partial charge in [-0.1, -0.05) is 6.07 Å². The van der Waals surface area contributed by atoms with Crippen LogP contribution in [0.3, 0.4) is 0 Å². The second-order valence-electron chi connectivity index (χ2n) is 3.94. The molecule has 19 heavy (non-hydrogen) atoms. The van der Waals surface area contributed by atoms with Gasteiger partial charge in [0, 0.05) is 12.4 Å². The number of aromatic nitrogens is 3. The summed E-state index contributed by atoms with van der Waals surface area (Å²) in [7, 11) is 0. The Bertz CT molecular complexity index is 718. The molecule has 3 aromatic heterocycles. The average Bonchev–Trinajstić information content (AvgIpc) is 3.09. The number of hydrogen-bond acceptors (Lipinski definition) is 4. The molecule has 2 N–H and O–H groups in total. The molecule has 0 aromatic carbocycles. The lowest BCUT2D eigenvalue weighted by Crippen LogP contribution is -2.11. The first-order valence-electron chi connectivity index (χ1n) is 5.57. The first kappa shape index (κ1) is 11.6. The van der Waals surface area contributed by atoms with Crippen LogP contribution in [0.2, 0.25) is 0 Å². The Hall–Kier alpha value is -2.47. The summed E-state index contributed by atoms with van der Waals surface area (Å²) >= 11 is 1.63. The van der Waals surface area contributed by atoms with Gasteiger partial charge in [-0.2, -0.15) is 0 Å². The van der Waals surface area contributed by atoms with Crippen molar-refractivity contribution in [1.82, 2.24) is 14.5 Å². The van der Waals surface area contributed by atoms with E-state index in [0.717, 1.165) is 16.3 Å². The zero-order valence-corrected chi connectivity index (χ0v) is 10.7. The molecule has 3 aromatic rings. The highest BCUT2D eigenvalue weighted by molar-refractivity contribution is 7.13. The van der Waals surface area contributed by atoms with Crippen LogP contribution in [0.4, 0.5) is 0 Å². The molecule has 0 aliphatic rings. The van der Waals surface area contributed by atoms with Gasteiger partial charge in [-0.3, -0.25) is 9.78 Å². The fraction of sp³-hybridized carbons (Fsp3) is 0. The summed E-state index contributed by atoms with van der Waals surface area (Å²) in [6.45, 7) is 0. The SMILES string of the molecule is NC(=O)c1cncc(-n2cnc(-c3cccs3)c2)c1. The Morgan fingerprint density at radius 1 is 1.37 bits per heavy atom. The van der Waals surface area contributed by atoms with Gasteiger partial charge in [-0.05, 0) is 17.5 Å². The number of carbonyl (C=O) groups excluding carboxylic acids is 1. The molecule has 0 spiro atoms. The molecule has 94 valence electrons. The highest BCUT2D eigenvalue weighted by Crippen LogP contribution is 2.23. The number of rotatable bonds is 3. The molecular formula is C13H10N4OS. The maximum absolute atomic E-state index is 11.1. The Kier molecular flexibility index (Phi) is 2.85. The minimum atomic E-state index is -0.493. The van der Waals surface area contributed by atoms with Crippen LogP contribution in [0.25, 0.3) is 16.3 Å². The van der Waals surface area contributed by atoms with Gasteiger partial charge in [0.1, 0.15) is 0 Å². The number of nitrogens with two attached hydrogens (primary N) is 1. The van der Waals surface area contributed by atoms with Gasteiger partial charge in [-0.15, -0.1) is 11.3 Å². The van der Waals surface area contributed by atoms with Gasteiger partial charge in [-0.25, -0.2) is 4.98 Å². The van der Waals surface area contributed by atoms with E-state index in [9.17, 15) is 4.79 Å². The summed E-state index contributed by atoms with van der Waals surface area (Å²) in [5, 5.41) is 2.00. The second kappa shape index (κ2) is 4.66. The fourth-order valence-corrected chi connectivity index (χ4v) is 2.41. The van der Waals surface area contributed by atoms with Crippen LogP contribution in [0.5, 0.6) is 0 Å². The molecule has 6 heteroatoms. The normalized spacial score (nSPS) is 10.5. The number of hydrogen-bond donors (Lipinski definition) is 1. The highest BCUT2D eigenvalue weighted by atomic mass is 32.1. The van der Waals surface area contributed by atoms with Crippen molar-refractivity contribution < 1.29 is 4.79 Å². The largest absolute Gasteiger partial charge is 0.366 e.